The summed E-state index contributed by atoms with van der Waals surface area (Å²) in [6, 6.07) is 0.436. The van der Waals surface area contributed by atoms with Crippen molar-refractivity contribution < 1.29 is 14.7 Å². The van der Waals surface area contributed by atoms with Gasteiger partial charge in [0.05, 0.1) is 13.0 Å². The van der Waals surface area contributed by atoms with Crippen LogP contribution in [0.15, 0.2) is 0 Å². The van der Waals surface area contributed by atoms with Crippen LogP contribution in [0.4, 0.5) is 0 Å². The Morgan fingerprint density at radius 1 is 1.24 bits per heavy atom. The van der Waals surface area contributed by atoms with Crippen LogP contribution in [-0.4, -0.2) is 59.0 Å². The van der Waals surface area contributed by atoms with E-state index in [0.29, 0.717) is 25.7 Å². The Kier molecular flexibility index (Phi) is 5.41. The molecule has 1 fully saturated rings. The van der Waals surface area contributed by atoms with Gasteiger partial charge in [0.15, 0.2) is 0 Å². The molecule has 1 rings (SSSR count). The molecule has 5 heteroatoms. The first-order chi connectivity index (χ1) is 8.08. The van der Waals surface area contributed by atoms with Crippen molar-refractivity contribution in [3.05, 3.63) is 0 Å². The second-order valence-corrected chi connectivity index (χ2v) is 4.42. The first kappa shape index (κ1) is 14.0. The summed E-state index contributed by atoms with van der Waals surface area (Å²) in [4.78, 5) is 26.3. The summed E-state index contributed by atoms with van der Waals surface area (Å²) in [6.45, 7) is 6.18. The van der Waals surface area contributed by atoms with Crippen LogP contribution in [-0.2, 0) is 9.59 Å². The fourth-order valence-electron chi connectivity index (χ4n) is 1.91. The molecule has 0 spiro atoms. The number of rotatable bonds is 8. The van der Waals surface area contributed by atoms with Crippen molar-refractivity contribution in [2.45, 2.75) is 39.2 Å². The van der Waals surface area contributed by atoms with Crippen molar-refractivity contribution in [2.24, 2.45) is 0 Å². The number of carboxylic acid groups (broad SMARTS) is 1. The molecule has 0 aliphatic heterocycles. The lowest BCUT2D eigenvalue weighted by atomic mass is 10.3. The lowest BCUT2D eigenvalue weighted by molar-refractivity contribution is -0.138. The maximum Gasteiger partial charge on any atom is 0.304 e. The minimum absolute atomic E-state index is 0.0939. The van der Waals surface area contributed by atoms with Crippen molar-refractivity contribution in [1.29, 1.82) is 0 Å². The fraction of sp³-hybridized carbons (Fsp3) is 0.833. The molecule has 0 bridgehead atoms. The number of carboxylic acids is 1. The second kappa shape index (κ2) is 6.59. The number of carbonyl (C=O) groups excluding carboxylic acids is 1. The lowest BCUT2D eigenvalue weighted by Gasteiger charge is -2.25. The van der Waals surface area contributed by atoms with Crippen LogP contribution >= 0.6 is 0 Å². The van der Waals surface area contributed by atoms with Crippen molar-refractivity contribution in [3.8, 4) is 0 Å². The molecule has 1 N–H and O–H groups in total. The molecule has 0 atom stereocenters. The number of likely N-dealkylation sites (N-methyl/N-ethyl adjacent to an activating group) is 2. The summed E-state index contributed by atoms with van der Waals surface area (Å²) in [7, 11) is 0. The molecule has 1 aliphatic rings. The summed E-state index contributed by atoms with van der Waals surface area (Å²) < 4.78 is 0. The standard InChI is InChI=1S/C12H22N2O3/c1-3-13(8-7-12(16)17)9-11(15)14(4-2)10-5-6-10/h10H,3-9H2,1-2H3,(H,16,17). The van der Waals surface area contributed by atoms with Crippen molar-refractivity contribution in [1.82, 2.24) is 9.80 Å². The van der Waals surface area contributed by atoms with Crippen molar-refractivity contribution in [3.63, 3.8) is 0 Å². The molecule has 0 unspecified atom stereocenters. The number of amides is 1. The minimum atomic E-state index is -0.814. The molecule has 1 amide bonds. The van der Waals surface area contributed by atoms with Crippen LogP contribution in [0.25, 0.3) is 0 Å². The SMILES string of the molecule is CCN(CCC(=O)O)CC(=O)N(CC)C1CC1. The van der Waals surface area contributed by atoms with E-state index in [9.17, 15) is 9.59 Å². The third-order valence-electron chi connectivity index (χ3n) is 3.10. The van der Waals surface area contributed by atoms with Gasteiger partial charge in [-0.25, -0.2) is 0 Å². The quantitative estimate of drug-likeness (QED) is 0.683. The van der Waals surface area contributed by atoms with E-state index in [1.807, 2.05) is 23.6 Å². The maximum absolute atomic E-state index is 12.0. The zero-order valence-corrected chi connectivity index (χ0v) is 10.7. The Labute approximate surface area is 102 Å². The molecule has 17 heavy (non-hydrogen) atoms. The second-order valence-electron chi connectivity index (χ2n) is 4.42. The maximum atomic E-state index is 12.0. The van der Waals surface area contributed by atoms with Crippen LogP contribution < -0.4 is 0 Å². The van der Waals surface area contributed by atoms with Crippen LogP contribution in [0.5, 0.6) is 0 Å². The topological polar surface area (TPSA) is 60.9 Å². The first-order valence-electron chi connectivity index (χ1n) is 6.32. The summed E-state index contributed by atoms with van der Waals surface area (Å²) >= 11 is 0. The van der Waals surface area contributed by atoms with E-state index in [1.165, 1.54) is 0 Å². The first-order valence-corrected chi connectivity index (χ1v) is 6.32. The molecule has 0 aromatic heterocycles. The molecular weight excluding hydrogens is 220 g/mol. The summed E-state index contributed by atoms with van der Waals surface area (Å²) in [5.41, 5.74) is 0. The van der Waals surface area contributed by atoms with Gasteiger partial charge in [0, 0.05) is 19.1 Å². The Bertz CT molecular complexity index is 277. The van der Waals surface area contributed by atoms with Gasteiger partial charge in [0.1, 0.15) is 0 Å². The van der Waals surface area contributed by atoms with E-state index in [-0.39, 0.29) is 12.3 Å². The molecule has 1 saturated carbocycles. The minimum Gasteiger partial charge on any atom is -0.481 e. The van der Waals surface area contributed by atoms with Crippen molar-refractivity contribution >= 4 is 11.9 Å². The summed E-state index contributed by atoms with van der Waals surface area (Å²) in [5.74, 6) is -0.687. The highest BCUT2D eigenvalue weighted by atomic mass is 16.4. The van der Waals surface area contributed by atoms with Crippen LogP contribution in [0.1, 0.15) is 33.1 Å². The van der Waals surface area contributed by atoms with Crippen LogP contribution in [0.3, 0.4) is 0 Å². The van der Waals surface area contributed by atoms with Crippen LogP contribution in [0, 0.1) is 0 Å². The Hall–Kier alpha value is -1.10. The monoisotopic (exact) mass is 242 g/mol. The third kappa shape index (κ3) is 4.73. The molecule has 1 aliphatic carbocycles. The van der Waals surface area contributed by atoms with E-state index in [4.69, 9.17) is 5.11 Å². The summed E-state index contributed by atoms with van der Waals surface area (Å²) in [5, 5.41) is 8.62. The zero-order valence-electron chi connectivity index (χ0n) is 10.7. The van der Waals surface area contributed by atoms with E-state index in [2.05, 4.69) is 0 Å². The molecule has 5 nitrogen and oxygen atoms in total. The third-order valence-corrected chi connectivity index (χ3v) is 3.10. The lowest BCUT2D eigenvalue weighted by Crippen LogP contribution is -2.42. The fourth-order valence-corrected chi connectivity index (χ4v) is 1.91. The van der Waals surface area contributed by atoms with Gasteiger partial charge in [-0.15, -0.1) is 0 Å². The van der Waals surface area contributed by atoms with Gasteiger partial charge in [0.25, 0.3) is 0 Å². The van der Waals surface area contributed by atoms with Crippen molar-refractivity contribution in [2.75, 3.05) is 26.2 Å². The van der Waals surface area contributed by atoms with Gasteiger partial charge in [-0.2, -0.15) is 0 Å². The molecule has 0 aromatic rings. The van der Waals surface area contributed by atoms with E-state index in [1.54, 1.807) is 0 Å². The van der Waals surface area contributed by atoms with E-state index < -0.39 is 5.97 Å². The Morgan fingerprint density at radius 3 is 2.29 bits per heavy atom. The number of carbonyl (C=O) groups is 2. The number of hydrogen-bond acceptors (Lipinski definition) is 3. The number of aliphatic carboxylic acids is 1. The van der Waals surface area contributed by atoms with Gasteiger partial charge in [-0.3, -0.25) is 14.5 Å². The predicted molar refractivity (Wildman–Crippen MR) is 64.8 cm³/mol. The highest BCUT2D eigenvalue weighted by molar-refractivity contribution is 5.79. The highest BCUT2D eigenvalue weighted by Crippen LogP contribution is 2.26. The molecule has 0 heterocycles. The smallest absolute Gasteiger partial charge is 0.304 e. The molecule has 98 valence electrons. The van der Waals surface area contributed by atoms with Crippen LogP contribution in [0.2, 0.25) is 0 Å². The Morgan fingerprint density at radius 2 is 1.88 bits per heavy atom. The average molecular weight is 242 g/mol. The number of nitrogens with zero attached hydrogens (tertiary/aromatic N) is 2. The van der Waals surface area contributed by atoms with E-state index >= 15 is 0 Å². The largest absolute Gasteiger partial charge is 0.481 e. The van der Waals surface area contributed by atoms with Gasteiger partial charge in [-0.05, 0) is 26.3 Å². The molecule has 0 saturated heterocycles. The highest BCUT2D eigenvalue weighted by Gasteiger charge is 2.31. The predicted octanol–water partition coefficient (Wildman–Crippen LogP) is 0.794. The van der Waals surface area contributed by atoms with Gasteiger partial charge >= 0.3 is 5.97 Å². The Balaban J connectivity index is 2.37. The molecule has 0 aromatic carbocycles. The van der Waals surface area contributed by atoms with Gasteiger partial charge < -0.3 is 10.0 Å². The summed E-state index contributed by atoms with van der Waals surface area (Å²) in [6.07, 6.45) is 2.32. The number of hydrogen-bond donors (Lipinski definition) is 1. The van der Waals surface area contributed by atoms with E-state index in [0.717, 1.165) is 19.4 Å². The normalized spacial score (nSPS) is 15.0. The molecular formula is C12H22N2O3. The van der Waals surface area contributed by atoms with Gasteiger partial charge in [-0.1, -0.05) is 6.92 Å². The molecule has 0 radical (unpaired) electrons. The van der Waals surface area contributed by atoms with Gasteiger partial charge in [0.2, 0.25) is 5.91 Å². The zero-order chi connectivity index (χ0) is 12.8. The average Bonchev–Trinajstić information content (AvgIpc) is 3.09.